The zero-order valence-electron chi connectivity index (χ0n) is 8.74. The van der Waals surface area contributed by atoms with Crippen LogP contribution in [-0.4, -0.2) is 6.54 Å². The normalized spacial score (nSPS) is 10.3. The lowest BCUT2D eigenvalue weighted by Crippen LogP contribution is -2.06. The number of thiophene rings is 1. The van der Waals surface area contributed by atoms with Gasteiger partial charge in [0, 0.05) is 15.9 Å². The van der Waals surface area contributed by atoms with Gasteiger partial charge in [-0.05, 0) is 36.1 Å². The first kappa shape index (κ1) is 11.5. The summed E-state index contributed by atoms with van der Waals surface area (Å²) in [7, 11) is 0. The topological polar surface area (TPSA) is 38.0 Å². The fourth-order valence-corrected chi connectivity index (χ4v) is 2.53. The molecule has 0 atom stereocenters. The average molecular weight is 297 g/mol. The highest BCUT2D eigenvalue weighted by atomic mass is 79.9. The van der Waals surface area contributed by atoms with E-state index in [1.807, 2.05) is 18.2 Å². The number of nitrogens with two attached hydrogens (primary N) is 1. The highest BCUT2D eigenvalue weighted by molar-refractivity contribution is 9.10. The summed E-state index contributed by atoms with van der Waals surface area (Å²) in [6.45, 7) is 0.904. The third-order valence-electron chi connectivity index (χ3n) is 2.28. The van der Waals surface area contributed by atoms with Crippen LogP contribution < -0.4 is 11.1 Å². The van der Waals surface area contributed by atoms with Crippen molar-refractivity contribution in [2.24, 2.45) is 0 Å². The lowest BCUT2D eigenvalue weighted by molar-refractivity contribution is 1.04. The summed E-state index contributed by atoms with van der Waals surface area (Å²) in [5.41, 5.74) is 7.65. The molecule has 0 unspecified atom stereocenters. The van der Waals surface area contributed by atoms with Crippen molar-refractivity contribution in [2.75, 3.05) is 17.6 Å². The van der Waals surface area contributed by atoms with Crippen LogP contribution >= 0.6 is 27.3 Å². The summed E-state index contributed by atoms with van der Waals surface area (Å²) in [5, 5.41) is 5.44. The van der Waals surface area contributed by atoms with Gasteiger partial charge in [-0.1, -0.05) is 22.0 Å². The minimum Gasteiger partial charge on any atom is -0.397 e. The summed E-state index contributed by atoms with van der Waals surface area (Å²) in [5.74, 6) is 0. The van der Waals surface area contributed by atoms with E-state index in [0.717, 1.165) is 28.8 Å². The predicted molar refractivity (Wildman–Crippen MR) is 75.1 cm³/mol. The van der Waals surface area contributed by atoms with Crippen molar-refractivity contribution in [3.63, 3.8) is 0 Å². The number of halogens is 1. The number of nitrogen functional groups attached to an aromatic ring is 1. The van der Waals surface area contributed by atoms with E-state index in [2.05, 4.69) is 38.8 Å². The maximum atomic E-state index is 5.87. The first-order chi connectivity index (χ1) is 7.75. The molecule has 84 valence electrons. The SMILES string of the molecule is Nc1ccc(Br)cc1NCCc1cccs1. The molecular formula is C12H13BrN2S. The van der Waals surface area contributed by atoms with Crippen LogP contribution in [0.4, 0.5) is 11.4 Å². The average Bonchev–Trinajstić information content (AvgIpc) is 2.76. The van der Waals surface area contributed by atoms with E-state index in [4.69, 9.17) is 5.73 Å². The van der Waals surface area contributed by atoms with E-state index in [9.17, 15) is 0 Å². The van der Waals surface area contributed by atoms with Gasteiger partial charge < -0.3 is 11.1 Å². The van der Waals surface area contributed by atoms with Gasteiger partial charge in [0.15, 0.2) is 0 Å². The highest BCUT2D eigenvalue weighted by Crippen LogP contribution is 2.23. The van der Waals surface area contributed by atoms with Crippen molar-refractivity contribution in [3.8, 4) is 0 Å². The lowest BCUT2D eigenvalue weighted by atomic mass is 10.2. The summed E-state index contributed by atoms with van der Waals surface area (Å²) >= 11 is 5.22. The molecule has 16 heavy (non-hydrogen) atoms. The van der Waals surface area contributed by atoms with Gasteiger partial charge in [-0.3, -0.25) is 0 Å². The minimum absolute atomic E-state index is 0.786. The Bertz CT molecular complexity index is 454. The van der Waals surface area contributed by atoms with Crippen LogP contribution in [0, 0.1) is 0 Å². The van der Waals surface area contributed by atoms with Crippen LogP contribution in [0.3, 0.4) is 0 Å². The smallest absolute Gasteiger partial charge is 0.0585 e. The van der Waals surface area contributed by atoms with Crippen molar-refractivity contribution >= 4 is 38.6 Å². The van der Waals surface area contributed by atoms with Gasteiger partial charge in [0.2, 0.25) is 0 Å². The third-order valence-corrected chi connectivity index (χ3v) is 3.71. The molecular weight excluding hydrogens is 284 g/mol. The fourth-order valence-electron chi connectivity index (χ4n) is 1.46. The molecule has 0 spiro atoms. The summed E-state index contributed by atoms with van der Waals surface area (Å²) in [6, 6.07) is 10.1. The van der Waals surface area contributed by atoms with Crippen LogP contribution in [0.15, 0.2) is 40.2 Å². The molecule has 1 heterocycles. The summed E-state index contributed by atoms with van der Waals surface area (Å²) < 4.78 is 1.04. The zero-order valence-corrected chi connectivity index (χ0v) is 11.1. The van der Waals surface area contributed by atoms with E-state index >= 15 is 0 Å². The maximum absolute atomic E-state index is 5.87. The number of rotatable bonds is 4. The number of nitrogens with one attached hydrogen (secondary N) is 1. The van der Waals surface area contributed by atoms with Gasteiger partial charge >= 0.3 is 0 Å². The lowest BCUT2D eigenvalue weighted by Gasteiger charge is -2.08. The van der Waals surface area contributed by atoms with Gasteiger partial charge in [0.05, 0.1) is 11.4 Å². The molecule has 0 radical (unpaired) electrons. The van der Waals surface area contributed by atoms with Crippen molar-refractivity contribution in [3.05, 3.63) is 45.1 Å². The fraction of sp³-hybridized carbons (Fsp3) is 0.167. The van der Waals surface area contributed by atoms with Gasteiger partial charge in [0.25, 0.3) is 0 Å². The van der Waals surface area contributed by atoms with Crippen LogP contribution in [0.5, 0.6) is 0 Å². The number of hydrogen-bond acceptors (Lipinski definition) is 3. The Morgan fingerprint density at radius 2 is 2.19 bits per heavy atom. The van der Waals surface area contributed by atoms with Crippen LogP contribution in [0.1, 0.15) is 4.88 Å². The molecule has 1 aromatic heterocycles. The monoisotopic (exact) mass is 296 g/mol. The van der Waals surface area contributed by atoms with Crippen LogP contribution in [0.2, 0.25) is 0 Å². The van der Waals surface area contributed by atoms with Gasteiger partial charge in [-0.15, -0.1) is 11.3 Å². The van der Waals surface area contributed by atoms with Crippen molar-refractivity contribution in [2.45, 2.75) is 6.42 Å². The summed E-state index contributed by atoms with van der Waals surface area (Å²) in [6.07, 6.45) is 1.03. The second kappa shape index (κ2) is 5.37. The Morgan fingerprint density at radius 3 is 2.94 bits per heavy atom. The maximum Gasteiger partial charge on any atom is 0.0585 e. The Morgan fingerprint density at radius 1 is 1.31 bits per heavy atom. The van der Waals surface area contributed by atoms with Crippen molar-refractivity contribution in [1.82, 2.24) is 0 Å². The highest BCUT2D eigenvalue weighted by Gasteiger charge is 1.99. The molecule has 0 bridgehead atoms. The molecule has 1 aromatic carbocycles. The Labute approximate surface area is 108 Å². The second-order valence-corrected chi connectivity index (χ2v) is 5.44. The third kappa shape index (κ3) is 3.00. The largest absolute Gasteiger partial charge is 0.397 e. The van der Waals surface area contributed by atoms with E-state index in [1.54, 1.807) is 11.3 Å². The Balaban J connectivity index is 1.92. The summed E-state index contributed by atoms with van der Waals surface area (Å²) in [4.78, 5) is 1.39. The molecule has 0 saturated carbocycles. The predicted octanol–water partition coefficient (Wildman–Crippen LogP) is 3.75. The van der Waals surface area contributed by atoms with Crippen LogP contribution in [-0.2, 0) is 6.42 Å². The molecule has 0 amide bonds. The van der Waals surface area contributed by atoms with Crippen molar-refractivity contribution < 1.29 is 0 Å². The number of hydrogen-bond donors (Lipinski definition) is 2. The number of anilines is 2. The van der Waals surface area contributed by atoms with Gasteiger partial charge in [-0.25, -0.2) is 0 Å². The molecule has 2 aromatic rings. The van der Waals surface area contributed by atoms with E-state index in [-0.39, 0.29) is 0 Å². The minimum atomic E-state index is 0.786. The molecule has 0 aliphatic rings. The van der Waals surface area contributed by atoms with E-state index < -0.39 is 0 Å². The number of benzene rings is 1. The molecule has 0 aliphatic carbocycles. The van der Waals surface area contributed by atoms with Gasteiger partial charge in [0.1, 0.15) is 0 Å². The second-order valence-electron chi connectivity index (χ2n) is 3.49. The molecule has 4 heteroatoms. The first-order valence-corrected chi connectivity index (χ1v) is 6.74. The molecule has 3 N–H and O–H groups in total. The molecule has 0 aliphatic heterocycles. The Hall–Kier alpha value is -1.00. The molecule has 0 saturated heterocycles. The molecule has 2 nitrogen and oxygen atoms in total. The molecule has 2 rings (SSSR count). The van der Waals surface area contributed by atoms with Crippen LogP contribution in [0.25, 0.3) is 0 Å². The quantitative estimate of drug-likeness (QED) is 0.844. The standard InChI is InChI=1S/C12H13BrN2S/c13-9-3-4-11(14)12(8-9)15-6-5-10-2-1-7-16-10/h1-4,7-8,15H,5-6,14H2. The Kier molecular flexibility index (Phi) is 3.85. The zero-order chi connectivity index (χ0) is 11.4. The van der Waals surface area contributed by atoms with Crippen molar-refractivity contribution in [1.29, 1.82) is 0 Å². The van der Waals surface area contributed by atoms with E-state index in [0.29, 0.717) is 0 Å². The molecule has 0 fully saturated rings. The van der Waals surface area contributed by atoms with Gasteiger partial charge in [-0.2, -0.15) is 0 Å². The first-order valence-electron chi connectivity index (χ1n) is 5.07. The van der Waals surface area contributed by atoms with E-state index in [1.165, 1.54) is 4.88 Å².